The molecular formula is C6H12N2O3S2. The zero-order valence-corrected chi connectivity index (χ0v) is 8.73. The number of nitrogens with one attached hydrogen (secondary N) is 1. The van der Waals surface area contributed by atoms with Gasteiger partial charge in [-0.25, -0.2) is 8.42 Å². The molecule has 13 heavy (non-hydrogen) atoms. The van der Waals surface area contributed by atoms with Crippen LogP contribution in [0.2, 0.25) is 0 Å². The van der Waals surface area contributed by atoms with Crippen LogP contribution in [0.1, 0.15) is 0 Å². The van der Waals surface area contributed by atoms with Gasteiger partial charge in [0, 0.05) is 18.8 Å². The SMILES string of the molecule is O=S1CCNC1N1CCS(=O)(=O)C1. The average Bonchev–Trinajstić information content (AvgIpc) is 2.56. The zero-order chi connectivity index (χ0) is 9.47. The molecule has 0 spiro atoms. The van der Waals surface area contributed by atoms with Crippen molar-refractivity contribution in [1.82, 2.24) is 10.2 Å². The van der Waals surface area contributed by atoms with Gasteiger partial charge in [-0.2, -0.15) is 0 Å². The Labute approximate surface area is 79.9 Å². The van der Waals surface area contributed by atoms with Crippen LogP contribution in [0, 0.1) is 0 Å². The number of rotatable bonds is 1. The van der Waals surface area contributed by atoms with E-state index in [2.05, 4.69) is 5.32 Å². The van der Waals surface area contributed by atoms with E-state index in [1.54, 1.807) is 4.90 Å². The predicted octanol–water partition coefficient (Wildman–Crippen LogP) is -1.69. The van der Waals surface area contributed by atoms with Crippen LogP contribution in [-0.4, -0.2) is 53.5 Å². The Balaban J connectivity index is 2.07. The van der Waals surface area contributed by atoms with Gasteiger partial charge in [0.05, 0.1) is 16.6 Å². The molecule has 2 heterocycles. The molecule has 0 bridgehead atoms. The first-order chi connectivity index (χ1) is 6.08. The van der Waals surface area contributed by atoms with Crippen LogP contribution in [0.3, 0.4) is 0 Å². The summed E-state index contributed by atoms with van der Waals surface area (Å²) in [5.41, 5.74) is -0.239. The molecule has 0 amide bonds. The van der Waals surface area contributed by atoms with Gasteiger partial charge in [0.15, 0.2) is 9.84 Å². The molecule has 5 nitrogen and oxygen atoms in total. The monoisotopic (exact) mass is 224 g/mol. The van der Waals surface area contributed by atoms with Crippen LogP contribution in [0.15, 0.2) is 0 Å². The van der Waals surface area contributed by atoms with E-state index in [1.165, 1.54) is 0 Å². The topological polar surface area (TPSA) is 66.5 Å². The van der Waals surface area contributed by atoms with Crippen molar-refractivity contribution in [3.63, 3.8) is 0 Å². The number of nitrogens with zero attached hydrogens (tertiary/aromatic N) is 1. The van der Waals surface area contributed by atoms with E-state index in [1.807, 2.05) is 0 Å². The maximum Gasteiger partial charge on any atom is 0.164 e. The third-order valence-corrected chi connectivity index (χ3v) is 5.35. The van der Waals surface area contributed by atoms with Crippen molar-refractivity contribution in [2.45, 2.75) is 5.50 Å². The Morgan fingerprint density at radius 2 is 2.23 bits per heavy atom. The molecule has 2 aliphatic heterocycles. The lowest BCUT2D eigenvalue weighted by Gasteiger charge is -2.20. The van der Waals surface area contributed by atoms with E-state index in [-0.39, 0.29) is 17.1 Å². The second-order valence-corrected chi connectivity index (χ2v) is 7.05. The van der Waals surface area contributed by atoms with E-state index in [9.17, 15) is 12.6 Å². The fourth-order valence-corrected chi connectivity index (χ4v) is 4.48. The van der Waals surface area contributed by atoms with Gasteiger partial charge in [-0.15, -0.1) is 0 Å². The molecule has 0 aromatic rings. The quantitative estimate of drug-likeness (QED) is 0.576. The Morgan fingerprint density at radius 3 is 2.69 bits per heavy atom. The highest BCUT2D eigenvalue weighted by molar-refractivity contribution is 7.91. The lowest BCUT2D eigenvalue weighted by molar-refractivity contribution is 0.300. The van der Waals surface area contributed by atoms with Crippen LogP contribution in [0.25, 0.3) is 0 Å². The van der Waals surface area contributed by atoms with Crippen molar-refractivity contribution in [3.05, 3.63) is 0 Å². The summed E-state index contributed by atoms with van der Waals surface area (Å²) in [4.78, 5) is 1.75. The summed E-state index contributed by atoms with van der Waals surface area (Å²) < 4.78 is 33.7. The summed E-state index contributed by atoms with van der Waals surface area (Å²) in [6.45, 7) is 1.22. The zero-order valence-electron chi connectivity index (χ0n) is 7.10. The first-order valence-corrected chi connectivity index (χ1v) is 7.34. The summed E-state index contributed by atoms with van der Waals surface area (Å²) in [7, 11) is -3.84. The summed E-state index contributed by atoms with van der Waals surface area (Å²) in [6.07, 6.45) is 0. The van der Waals surface area contributed by atoms with E-state index in [0.29, 0.717) is 18.8 Å². The molecule has 2 rings (SSSR count). The van der Waals surface area contributed by atoms with Crippen molar-refractivity contribution >= 4 is 20.6 Å². The van der Waals surface area contributed by atoms with Gasteiger partial charge in [-0.3, -0.25) is 14.4 Å². The highest BCUT2D eigenvalue weighted by Crippen LogP contribution is 2.14. The third-order valence-electron chi connectivity index (χ3n) is 2.25. The molecule has 76 valence electrons. The molecule has 7 heteroatoms. The molecule has 0 radical (unpaired) electrons. The first kappa shape index (κ1) is 9.57. The number of hydrogen-bond acceptors (Lipinski definition) is 5. The smallest absolute Gasteiger partial charge is 0.164 e. The van der Waals surface area contributed by atoms with Crippen LogP contribution >= 0.6 is 0 Å². The normalized spacial score (nSPS) is 39.7. The fraction of sp³-hybridized carbons (Fsp3) is 1.00. The van der Waals surface area contributed by atoms with Crippen molar-refractivity contribution in [2.75, 3.05) is 30.5 Å². The molecule has 2 atom stereocenters. The van der Waals surface area contributed by atoms with Crippen LogP contribution in [0.4, 0.5) is 0 Å². The van der Waals surface area contributed by atoms with Crippen molar-refractivity contribution < 1.29 is 12.6 Å². The fourth-order valence-electron chi connectivity index (χ4n) is 1.61. The highest BCUT2D eigenvalue weighted by atomic mass is 32.2. The minimum Gasteiger partial charge on any atom is -0.290 e. The molecule has 0 saturated carbocycles. The molecule has 0 aliphatic carbocycles. The highest BCUT2D eigenvalue weighted by Gasteiger charge is 2.35. The molecule has 1 N–H and O–H groups in total. The minimum atomic E-state index is -2.90. The van der Waals surface area contributed by atoms with Gasteiger partial charge < -0.3 is 0 Å². The second kappa shape index (κ2) is 3.30. The Bertz CT molecular complexity index is 327. The summed E-state index contributed by atoms with van der Waals surface area (Å²) >= 11 is 0. The predicted molar refractivity (Wildman–Crippen MR) is 50.2 cm³/mol. The van der Waals surface area contributed by atoms with Crippen molar-refractivity contribution in [1.29, 1.82) is 0 Å². The molecule has 2 fully saturated rings. The average molecular weight is 224 g/mol. The van der Waals surface area contributed by atoms with Gasteiger partial charge in [0.1, 0.15) is 11.4 Å². The first-order valence-electron chi connectivity index (χ1n) is 4.13. The van der Waals surface area contributed by atoms with Gasteiger partial charge in [-0.1, -0.05) is 0 Å². The van der Waals surface area contributed by atoms with Crippen LogP contribution in [-0.2, 0) is 20.6 Å². The van der Waals surface area contributed by atoms with E-state index in [0.717, 1.165) is 0 Å². The molecule has 2 saturated heterocycles. The maximum atomic E-state index is 11.4. The number of hydrogen-bond donors (Lipinski definition) is 1. The standard InChI is InChI=1S/C6H12N2O3S2/c9-12-3-1-7-6(12)8-2-4-13(10,11)5-8/h6-7H,1-5H2. The maximum absolute atomic E-state index is 11.4. The summed E-state index contributed by atoms with van der Waals surface area (Å²) in [5, 5.41) is 3.05. The molecular weight excluding hydrogens is 212 g/mol. The molecule has 0 aromatic heterocycles. The molecule has 2 aliphatic rings. The van der Waals surface area contributed by atoms with Gasteiger partial charge in [0.25, 0.3) is 0 Å². The summed E-state index contributed by atoms with van der Waals surface area (Å²) in [6, 6.07) is 0. The van der Waals surface area contributed by atoms with Crippen molar-refractivity contribution in [3.8, 4) is 0 Å². The Morgan fingerprint density at radius 1 is 1.46 bits per heavy atom. The molecule has 2 unspecified atom stereocenters. The second-order valence-electron chi connectivity index (χ2n) is 3.28. The number of sulfone groups is 1. The third kappa shape index (κ3) is 1.93. The molecule has 0 aromatic carbocycles. The minimum absolute atomic E-state index is 0.0520. The van der Waals surface area contributed by atoms with Crippen LogP contribution in [0.5, 0.6) is 0 Å². The van der Waals surface area contributed by atoms with Gasteiger partial charge in [-0.05, 0) is 0 Å². The summed E-state index contributed by atoms with van der Waals surface area (Å²) in [5.74, 6) is 0.875. The van der Waals surface area contributed by atoms with Gasteiger partial charge in [0.2, 0.25) is 0 Å². The Kier molecular flexibility index (Phi) is 2.43. The van der Waals surface area contributed by atoms with Crippen molar-refractivity contribution in [2.24, 2.45) is 0 Å². The lowest BCUT2D eigenvalue weighted by atomic mass is 10.6. The van der Waals surface area contributed by atoms with Crippen LogP contribution < -0.4 is 5.32 Å². The largest absolute Gasteiger partial charge is 0.290 e. The lowest BCUT2D eigenvalue weighted by Crippen LogP contribution is -2.42. The van der Waals surface area contributed by atoms with E-state index < -0.39 is 20.6 Å². The van der Waals surface area contributed by atoms with E-state index in [4.69, 9.17) is 0 Å². The van der Waals surface area contributed by atoms with E-state index >= 15 is 0 Å². The Hall–Kier alpha value is 0.0200. The van der Waals surface area contributed by atoms with Gasteiger partial charge >= 0.3 is 0 Å².